The maximum atomic E-state index is 12.1. The van der Waals surface area contributed by atoms with Gasteiger partial charge in [-0.1, -0.05) is 35.9 Å². The molecule has 0 atom stereocenters. The number of hydrogen-bond donors (Lipinski definition) is 1. The van der Waals surface area contributed by atoms with Crippen molar-refractivity contribution in [3.63, 3.8) is 0 Å². The molecule has 4 rings (SSSR count). The van der Waals surface area contributed by atoms with Crippen LogP contribution in [0.15, 0.2) is 76.3 Å². The van der Waals surface area contributed by atoms with Crippen molar-refractivity contribution < 1.29 is 8.42 Å². The first kappa shape index (κ1) is 17.9. The summed E-state index contributed by atoms with van der Waals surface area (Å²) in [7, 11) is -3.90. The number of thiophene rings is 1. The Balaban J connectivity index is 1.97. The molecule has 0 aliphatic heterocycles. The van der Waals surface area contributed by atoms with Crippen LogP contribution in [-0.2, 0) is 10.0 Å². The highest BCUT2D eigenvalue weighted by atomic mass is 35.5. The summed E-state index contributed by atoms with van der Waals surface area (Å²) < 4.78 is 25.7. The number of halogens is 1. The Morgan fingerprint density at radius 3 is 2.41 bits per heavy atom. The first-order valence-corrected chi connectivity index (χ1v) is 10.8. The number of benzene rings is 2. The van der Waals surface area contributed by atoms with E-state index < -0.39 is 10.0 Å². The molecular weight excluding hydrogens is 402 g/mol. The zero-order valence-corrected chi connectivity index (χ0v) is 16.3. The fourth-order valence-electron chi connectivity index (χ4n) is 2.82. The predicted octanol–water partition coefficient (Wildman–Crippen LogP) is 4.57. The minimum atomic E-state index is -3.90. The van der Waals surface area contributed by atoms with Crippen molar-refractivity contribution in [3.8, 4) is 28.2 Å². The second kappa shape index (κ2) is 6.94. The van der Waals surface area contributed by atoms with E-state index in [1.54, 1.807) is 46.4 Å². The molecule has 0 fully saturated rings. The minimum absolute atomic E-state index is 0.0206. The standard InChI is InChI=1S/C19H14ClN3O2S2/c20-15-7-5-13(6-8-15)16-11-18(14-9-10-26-12-14)23(22-16)17-3-1-2-4-19(17)27(21,24)25/h1-12H,(H2,21,24,25). The Kier molecular flexibility index (Phi) is 4.61. The van der Waals surface area contributed by atoms with E-state index in [0.29, 0.717) is 16.4 Å². The normalized spacial score (nSPS) is 11.6. The van der Waals surface area contributed by atoms with E-state index in [1.165, 1.54) is 6.07 Å². The predicted molar refractivity (Wildman–Crippen MR) is 109 cm³/mol. The Bertz CT molecular complexity index is 1200. The van der Waals surface area contributed by atoms with Crippen molar-refractivity contribution in [1.29, 1.82) is 0 Å². The van der Waals surface area contributed by atoms with Gasteiger partial charge in [-0.3, -0.25) is 0 Å². The zero-order valence-electron chi connectivity index (χ0n) is 13.9. The van der Waals surface area contributed by atoms with Gasteiger partial charge in [0.05, 0.1) is 17.1 Å². The number of rotatable bonds is 4. The topological polar surface area (TPSA) is 78.0 Å². The number of hydrogen-bond acceptors (Lipinski definition) is 4. The summed E-state index contributed by atoms with van der Waals surface area (Å²) in [6, 6.07) is 17.8. The molecule has 0 unspecified atom stereocenters. The highest BCUT2D eigenvalue weighted by Gasteiger charge is 2.20. The lowest BCUT2D eigenvalue weighted by Gasteiger charge is -2.10. The highest BCUT2D eigenvalue weighted by molar-refractivity contribution is 7.89. The third-order valence-electron chi connectivity index (χ3n) is 4.07. The molecule has 2 heterocycles. The molecule has 8 heteroatoms. The molecule has 5 nitrogen and oxygen atoms in total. The average Bonchev–Trinajstić information content (AvgIpc) is 3.31. The van der Waals surface area contributed by atoms with Gasteiger partial charge in [0.15, 0.2) is 0 Å². The molecule has 2 aromatic heterocycles. The van der Waals surface area contributed by atoms with Gasteiger partial charge in [0, 0.05) is 21.5 Å². The van der Waals surface area contributed by atoms with Crippen LogP contribution in [0.25, 0.3) is 28.2 Å². The molecule has 0 saturated carbocycles. The van der Waals surface area contributed by atoms with Crippen LogP contribution in [0, 0.1) is 0 Å². The van der Waals surface area contributed by atoms with Gasteiger partial charge < -0.3 is 0 Å². The molecule has 2 N–H and O–H groups in total. The quantitative estimate of drug-likeness (QED) is 0.530. The van der Waals surface area contributed by atoms with Gasteiger partial charge in [-0.25, -0.2) is 18.2 Å². The van der Waals surface area contributed by atoms with Crippen molar-refractivity contribution in [1.82, 2.24) is 9.78 Å². The van der Waals surface area contributed by atoms with Crippen LogP contribution in [0.5, 0.6) is 0 Å². The van der Waals surface area contributed by atoms with Crippen molar-refractivity contribution in [3.05, 3.63) is 76.4 Å². The van der Waals surface area contributed by atoms with E-state index in [9.17, 15) is 8.42 Å². The Hall–Kier alpha value is -2.45. The van der Waals surface area contributed by atoms with E-state index in [-0.39, 0.29) is 4.90 Å². The second-order valence-electron chi connectivity index (χ2n) is 5.86. The lowest BCUT2D eigenvalue weighted by atomic mass is 10.1. The van der Waals surface area contributed by atoms with Crippen LogP contribution in [0.2, 0.25) is 5.02 Å². The smallest absolute Gasteiger partial charge is 0.231 e. The minimum Gasteiger partial charge on any atom is -0.231 e. The van der Waals surface area contributed by atoms with Gasteiger partial charge in [0.25, 0.3) is 0 Å². The van der Waals surface area contributed by atoms with Gasteiger partial charge in [0.1, 0.15) is 4.90 Å². The number of para-hydroxylation sites is 1. The molecular formula is C19H14ClN3O2S2. The monoisotopic (exact) mass is 415 g/mol. The van der Waals surface area contributed by atoms with Crippen molar-refractivity contribution in [2.75, 3.05) is 0 Å². The van der Waals surface area contributed by atoms with Crippen LogP contribution in [-0.4, -0.2) is 18.2 Å². The SMILES string of the molecule is NS(=O)(=O)c1ccccc1-n1nc(-c2ccc(Cl)cc2)cc1-c1ccsc1. The molecule has 0 aliphatic rings. The molecule has 2 aromatic carbocycles. The van der Waals surface area contributed by atoms with Crippen LogP contribution in [0.1, 0.15) is 0 Å². The molecule has 4 aromatic rings. The van der Waals surface area contributed by atoms with E-state index in [0.717, 1.165) is 16.8 Å². The summed E-state index contributed by atoms with van der Waals surface area (Å²) in [5.41, 5.74) is 3.70. The van der Waals surface area contributed by atoms with Crippen LogP contribution >= 0.6 is 22.9 Å². The maximum absolute atomic E-state index is 12.1. The first-order chi connectivity index (χ1) is 12.9. The van der Waals surface area contributed by atoms with Gasteiger partial charge >= 0.3 is 0 Å². The van der Waals surface area contributed by atoms with E-state index in [1.807, 2.05) is 35.0 Å². The summed E-state index contributed by atoms with van der Waals surface area (Å²) in [6.45, 7) is 0. The molecule has 0 bridgehead atoms. The fourth-order valence-corrected chi connectivity index (χ4v) is 4.30. The Labute approximate surface area is 165 Å². The number of sulfonamides is 1. The molecule has 0 spiro atoms. The maximum Gasteiger partial charge on any atom is 0.240 e. The third kappa shape index (κ3) is 3.54. The molecule has 136 valence electrons. The van der Waals surface area contributed by atoms with Gasteiger partial charge in [-0.2, -0.15) is 16.4 Å². The summed E-state index contributed by atoms with van der Waals surface area (Å²) in [5.74, 6) is 0. The zero-order chi connectivity index (χ0) is 19.0. The number of nitrogens with two attached hydrogens (primary N) is 1. The first-order valence-electron chi connectivity index (χ1n) is 7.94. The van der Waals surface area contributed by atoms with Crippen molar-refractivity contribution >= 4 is 33.0 Å². The molecule has 0 saturated heterocycles. The summed E-state index contributed by atoms with van der Waals surface area (Å²) >= 11 is 7.53. The van der Waals surface area contributed by atoms with Crippen LogP contribution in [0.4, 0.5) is 0 Å². The van der Waals surface area contributed by atoms with E-state index in [4.69, 9.17) is 16.7 Å². The highest BCUT2D eigenvalue weighted by Crippen LogP contribution is 2.32. The second-order valence-corrected chi connectivity index (χ2v) is 8.60. The van der Waals surface area contributed by atoms with Gasteiger partial charge in [-0.15, -0.1) is 0 Å². The van der Waals surface area contributed by atoms with Gasteiger partial charge in [0.2, 0.25) is 10.0 Å². The number of primary sulfonamides is 1. The fraction of sp³-hybridized carbons (Fsp3) is 0. The molecule has 0 radical (unpaired) electrons. The summed E-state index contributed by atoms with van der Waals surface area (Å²) in [6.07, 6.45) is 0. The largest absolute Gasteiger partial charge is 0.240 e. The van der Waals surface area contributed by atoms with E-state index in [2.05, 4.69) is 5.10 Å². The molecule has 27 heavy (non-hydrogen) atoms. The molecule has 0 amide bonds. The van der Waals surface area contributed by atoms with E-state index >= 15 is 0 Å². The lowest BCUT2D eigenvalue weighted by Crippen LogP contribution is -2.16. The summed E-state index contributed by atoms with van der Waals surface area (Å²) in [4.78, 5) is 0.0206. The molecule has 0 aliphatic carbocycles. The average molecular weight is 416 g/mol. The summed E-state index contributed by atoms with van der Waals surface area (Å²) in [5, 5.41) is 14.7. The number of aromatic nitrogens is 2. The third-order valence-corrected chi connectivity index (χ3v) is 5.96. The lowest BCUT2D eigenvalue weighted by molar-refractivity contribution is 0.596. The Morgan fingerprint density at radius 1 is 1.00 bits per heavy atom. The van der Waals surface area contributed by atoms with Crippen LogP contribution < -0.4 is 5.14 Å². The Morgan fingerprint density at radius 2 is 1.74 bits per heavy atom. The van der Waals surface area contributed by atoms with Crippen molar-refractivity contribution in [2.24, 2.45) is 5.14 Å². The van der Waals surface area contributed by atoms with Crippen molar-refractivity contribution in [2.45, 2.75) is 4.90 Å². The van der Waals surface area contributed by atoms with Gasteiger partial charge in [-0.05, 0) is 41.8 Å². The number of nitrogens with zero attached hydrogens (tertiary/aromatic N) is 2. The van der Waals surface area contributed by atoms with Crippen LogP contribution in [0.3, 0.4) is 0 Å².